The number of anilines is 1. The summed E-state index contributed by atoms with van der Waals surface area (Å²) in [5.74, 6) is 1.02. The molecule has 1 saturated heterocycles. The van der Waals surface area contributed by atoms with E-state index in [-0.39, 0.29) is 29.5 Å². The molecule has 1 heterocycles. The van der Waals surface area contributed by atoms with Crippen LogP contribution in [0.25, 0.3) is 5.70 Å². The average Bonchev–Trinajstić information content (AvgIpc) is 2.78. The first-order chi connectivity index (χ1) is 14.8. The molecule has 0 bridgehead atoms. The van der Waals surface area contributed by atoms with Gasteiger partial charge in [-0.1, -0.05) is 24.8 Å². The van der Waals surface area contributed by atoms with Gasteiger partial charge in [-0.25, -0.2) is 4.39 Å². The van der Waals surface area contributed by atoms with Gasteiger partial charge in [0.05, 0.1) is 13.0 Å². The Hall–Kier alpha value is -3.45. The zero-order valence-corrected chi connectivity index (χ0v) is 17.0. The number of hydrogen-bond acceptors (Lipinski definition) is 7. The summed E-state index contributed by atoms with van der Waals surface area (Å²) >= 11 is 0. The highest BCUT2D eigenvalue weighted by Gasteiger charge is 2.39. The van der Waals surface area contributed by atoms with Gasteiger partial charge in [0.25, 0.3) is 0 Å². The molecule has 7 nitrogen and oxygen atoms in total. The number of ether oxygens (including phenoxy) is 2. The van der Waals surface area contributed by atoms with Gasteiger partial charge in [0, 0.05) is 41.1 Å². The molecule has 0 aliphatic carbocycles. The Morgan fingerprint density at radius 3 is 2.74 bits per heavy atom. The third-order valence-electron chi connectivity index (χ3n) is 5.18. The van der Waals surface area contributed by atoms with Gasteiger partial charge in [-0.3, -0.25) is 10.2 Å². The summed E-state index contributed by atoms with van der Waals surface area (Å²) in [6, 6.07) is 10.8. The molecule has 0 aromatic heterocycles. The van der Waals surface area contributed by atoms with Crippen LogP contribution in [0.2, 0.25) is 0 Å². The van der Waals surface area contributed by atoms with Crippen molar-refractivity contribution in [1.29, 1.82) is 5.41 Å². The number of ketones is 1. The van der Waals surface area contributed by atoms with Crippen molar-refractivity contribution in [3.63, 3.8) is 0 Å². The van der Waals surface area contributed by atoms with Crippen LogP contribution >= 0.6 is 0 Å². The Morgan fingerprint density at radius 1 is 1.39 bits per heavy atom. The maximum Gasteiger partial charge on any atom is 0.172 e. The number of nitrogens with one attached hydrogen (secondary N) is 2. The summed E-state index contributed by atoms with van der Waals surface area (Å²) in [6.45, 7) is 4.08. The van der Waals surface area contributed by atoms with E-state index in [9.17, 15) is 14.3 Å². The molecule has 0 spiro atoms. The zero-order chi connectivity index (χ0) is 22.5. The summed E-state index contributed by atoms with van der Waals surface area (Å²) in [6.07, 6.45) is -2.02. The summed E-state index contributed by atoms with van der Waals surface area (Å²) < 4.78 is 24.3. The number of aliphatic hydroxyl groups excluding tert-OH is 1. The fourth-order valence-corrected chi connectivity index (χ4v) is 3.51. The van der Waals surface area contributed by atoms with Crippen molar-refractivity contribution < 1.29 is 23.8 Å². The highest BCUT2D eigenvalue weighted by atomic mass is 19.1. The number of rotatable bonds is 7. The second-order valence-corrected chi connectivity index (χ2v) is 7.13. The lowest BCUT2D eigenvalue weighted by molar-refractivity contribution is -0.144. The van der Waals surface area contributed by atoms with E-state index in [2.05, 4.69) is 17.8 Å². The molecule has 0 saturated carbocycles. The lowest BCUT2D eigenvalue weighted by Crippen LogP contribution is -2.45. The average molecular weight is 425 g/mol. The molecule has 3 atom stereocenters. The van der Waals surface area contributed by atoms with Crippen molar-refractivity contribution in [2.24, 2.45) is 5.73 Å². The SMILES string of the molecule is C=C(Nc1ccc(C(N)=C=N)cc1)[C@H](O)C1OCCC(c2ccc(F)cc2OC)C1=O. The van der Waals surface area contributed by atoms with Crippen LogP contribution in [0.5, 0.6) is 5.75 Å². The first-order valence-corrected chi connectivity index (χ1v) is 9.64. The molecular weight excluding hydrogens is 401 g/mol. The van der Waals surface area contributed by atoms with Gasteiger partial charge in [-0.15, -0.1) is 0 Å². The Bertz CT molecular complexity index is 1030. The van der Waals surface area contributed by atoms with Crippen molar-refractivity contribution >= 4 is 23.0 Å². The van der Waals surface area contributed by atoms with Gasteiger partial charge in [-0.2, -0.15) is 0 Å². The molecule has 2 unspecified atom stereocenters. The third kappa shape index (κ3) is 4.83. The highest BCUT2D eigenvalue weighted by molar-refractivity contribution is 5.92. The van der Waals surface area contributed by atoms with Crippen LogP contribution in [0.3, 0.4) is 0 Å². The van der Waals surface area contributed by atoms with Crippen molar-refractivity contribution in [2.45, 2.75) is 24.5 Å². The maximum atomic E-state index is 13.5. The van der Waals surface area contributed by atoms with Crippen LogP contribution in [0.15, 0.2) is 54.7 Å². The Balaban J connectivity index is 1.73. The first-order valence-electron chi connectivity index (χ1n) is 9.64. The first kappa shape index (κ1) is 22.2. The second kappa shape index (κ2) is 9.57. The molecule has 2 aromatic rings. The smallest absolute Gasteiger partial charge is 0.172 e. The molecule has 0 radical (unpaired) electrons. The second-order valence-electron chi connectivity index (χ2n) is 7.13. The number of halogens is 1. The number of nitrogens with two attached hydrogens (primary N) is 1. The van der Waals surface area contributed by atoms with E-state index in [4.69, 9.17) is 20.6 Å². The van der Waals surface area contributed by atoms with Gasteiger partial charge in [-0.05, 0) is 24.6 Å². The lowest BCUT2D eigenvalue weighted by atomic mass is 9.84. The van der Waals surface area contributed by atoms with E-state index in [1.54, 1.807) is 24.3 Å². The molecule has 1 aliphatic heterocycles. The Morgan fingerprint density at radius 2 is 2.10 bits per heavy atom. The Kier molecular flexibility index (Phi) is 6.87. The molecule has 162 valence electrons. The van der Waals surface area contributed by atoms with Gasteiger partial charge in [0.1, 0.15) is 29.5 Å². The molecule has 2 aromatic carbocycles. The summed E-state index contributed by atoms with van der Waals surface area (Å²) in [5.41, 5.74) is 7.85. The van der Waals surface area contributed by atoms with Crippen molar-refractivity contribution in [3.05, 3.63) is 71.7 Å². The molecule has 1 fully saturated rings. The van der Waals surface area contributed by atoms with Crippen molar-refractivity contribution in [3.8, 4) is 5.75 Å². The standard InChI is InChI=1S/C23H24FN3O4/c1-13(27-16-6-3-14(4-7-16)19(26)12-25)21(28)23-22(29)18(9-10-31-23)17-8-5-15(24)11-20(17)30-2/h3-8,11,18,21,23,25,27-28H,1,9-10,26H2,2H3/t18?,21-,23?/m0/s1. The largest absolute Gasteiger partial charge is 0.496 e. The van der Waals surface area contributed by atoms with Crippen LogP contribution in [0.1, 0.15) is 23.5 Å². The summed E-state index contributed by atoms with van der Waals surface area (Å²) in [5, 5.41) is 20.8. The van der Waals surface area contributed by atoms with E-state index >= 15 is 0 Å². The predicted molar refractivity (Wildman–Crippen MR) is 116 cm³/mol. The fraction of sp³-hybridized carbons (Fsp3) is 0.261. The lowest BCUT2D eigenvalue weighted by Gasteiger charge is -2.32. The van der Waals surface area contributed by atoms with E-state index in [0.29, 0.717) is 23.2 Å². The zero-order valence-electron chi connectivity index (χ0n) is 17.0. The van der Waals surface area contributed by atoms with Gasteiger partial charge >= 0.3 is 0 Å². The molecule has 31 heavy (non-hydrogen) atoms. The van der Waals surface area contributed by atoms with Crippen LogP contribution in [-0.2, 0) is 9.53 Å². The summed E-state index contributed by atoms with van der Waals surface area (Å²) in [7, 11) is 1.41. The third-order valence-corrected chi connectivity index (χ3v) is 5.18. The van der Waals surface area contributed by atoms with Crippen LogP contribution in [0, 0.1) is 11.2 Å². The van der Waals surface area contributed by atoms with Crippen LogP contribution in [-0.4, -0.2) is 42.7 Å². The van der Waals surface area contributed by atoms with E-state index in [1.807, 2.05) is 0 Å². The number of aliphatic hydroxyl groups is 1. The highest BCUT2D eigenvalue weighted by Crippen LogP contribution is 2.35. The minimum atomic E-state index is -1.30. The number of methoxy groups -OCH3 is 1. The number of carbonyl (C=O) groups excluding carboxylic acids is 1. The van der Waals surface area contributed by atoms with Gasteiger partial charge in [0.2, 0.25) is 0 Å². The van der Waals surface area contributed by atoms with E-state index < -0.39 is 23.9 Å². The number of hydrogen-bond donors (Lipinski definition) is 4. The normalized spacial score (nSPS) is 19.3. The minimum absolute atomic E-state index is 0.188. The van der Waals surface area contributed by atoms with E-state index in [0.717, 1.165) is 0 Å². The number of Topliss-reactive ketones (excluding diaryl/α,β-unsaturated/α-hetero) is 1. The monoisotopic (exact) mass is 425 g/mol. The Labute approximate surface area is 179 Å². The van der Waals surface area contributed by atoms with E-state index in [1.165, 1.54) is 25.3 Å². The quantitative estimate of drug-likeness (QED) is 0.507. The van der Waals surface area contributed by atoms with Crippen LogP contribution in [0.4, 0.5) is 10.1 Å². The van der Waals surface area contributed by atoms with Crippen molar-refractivity contribution in [2.75, 3.05) is 19.0 Å². The van der Waals surface area contributed by atoms with Gasteiger partial charge in [0.15, 0.2) is 5.78 Å². The molecule has 1 aliphatic rings. The molecule has 8 heteroatoms. The number of carbonyl (C=O) groups is 1. The van der Waals surface area contributed by atoms with Gasteiger partial charge < -0.3 is 25.6 Å². The molecular formula is C23H24FN3O4. The van der Waals surface area contributed by atoms with Crippen LogP contribution < -0.4 is 15.8 Å². The molecule has 5 N–H and O–H groups in total. The fourth-order valence-electron chi connectivity index (χ4n) is 3.51. The maximum absolute atomic E-state index is 13.5. The molecule has 0 amide bonds. The number of benzene rings is 2. The molecule has 3 rings (SSSR count). The minimum Gasteiger partial charge on any atom is -0.496 e. The predicted octanol–water partition coefficient (Wildman–Crippen LogP) is 2.81. The topological polar surface area (TPSA) is 118 Å². The summed E-state index contributed by atoms with van der Waals surface area (Å²) in [4.78, 5) is 13.1. The van der Waals surface area contributed by atoms with Crippen molar-refractivity contribution in [1.82, 2.24) is 0 Å².